The van der Waals surface area contributed by atoms with Gasteiger partial charge in [0.05, 0.1) is 24.7 Å². The van der Waals surface area contributed by atoms with E-state index in [2.05, 4.69) is 15.6 Å². The van der Waals surface area contributed by atoms with Crippen molar-refractivity contribution in [2.45, 2.75) is 6.54 Å². The summed E-state index contributed by atoms with van der Waals surface area (Å²) >= 11 is 0. The Hall–Kier alpha value is -3.68. The van der Waals surface area contributed by atoms with E-state index < -0.39 is 17.8 Å². The number of hydrogen-bond donors (Lipinski definition) is 3. The molecule has 3 aromatic rings. The number of nitrogens with one attached hydrogen (secondary N) is 2. The molecule has 0 aliphatic heterocycles. The quantitative estimate of drug-likeness (QED) is 0.644. The van der Waals surface area contributed by atoms with Gasteiger partial charge in [-0.05, 0) is 36.4 Å². The van der Waals surface area contributed by atoms with Gasteiger partial charge in [0, 0.05) is 22.8 Å². The summed E-state index contributed by atoms with van der Waals surface area (Å²) in [6, 6.07) is 10.5. The Morgan fingerprint density at radius 1 is 1.22 bits per heavy atom. The van der Waals surface area contributed by atoms with Crippen LogP contribution in [0.1, 0.15) is 15.9 Å². The number of methoxy groups -OCH3 is 1. The lowest BCUT2D eigenvalue weighted by Gasteiger charge is -2.13. The largest absolute Gasteiger partial charge is 0.496 e. The van der Waals surface area contributed by atoms with Gasteiger partial charge in [-0.2, -0.15) is 0 Å². The van der Waals surface area contributed by atoms with Crippen molar-refractivity contribution in [1.82, 2.24) is 10.3 Å². The standard InChI is InChI=1S/C19H17FN4O3/c1-27-16-7-4-11-3-2-8-22-17(11)14(16)10-23-19(26)24-12-5-6-13(18(21)25)15(20)9-12/h2-9H,10H2,1H3,(H2,21,25)(H2,23,24,26). The summed E-state index contributed by atoms with van der Waals surface area (Å²) in [7, 11) is 1.54. The van der Waals surface area contributed by atoms with Gasteiger partial charge in [-0.15, -0.1) is 0 Å². The topological polar surface area (TPSA) is 106 Å². The highest BCUT2D eigenvalue weighted by Gasteiger charge is 2.13. The van der Waals surface area contributed by atoms with Crippen molar-refractivity contribution in [3.8, 4) is 5.75 Å². The van der Waals surface area contributed by atoms with Gasteiger partial charge in [0.2, 0.25) is 0 Å². The molecule has 0 aliphatic rings. The smallest absolute Gasteiger partial charge is 0.319 e. The maximum Gasteiger partial charge on any atom is 0.319 e. The lowest BCUT2D eigenvalue weighted by atomic mass is 10.1. The molecule has 0 bridgehead atoms. The second-order valence-corrected chi connectivity index (χ2v) is 5.69. The molecule has 2 aromatic carbocycles. The Kier molecular flexibility index (Phi) is 5.16. The molecule has 138 valence electrons. The molecule has 3 rings (SSSR count). The van der Waals surface area contributed by atoms with Gasteiger partial charge < -0.3 is 21.1 Å². The Bertz CT molecular complexity index is 1020. The first-order valence-electron chi connectivity index (χ1n) is 8.04. The average Bonchev–Trinajstić information content (AvgIpc) is 2.65. The first-order valence-corrected chi connectivity index (χ1v) is 8.04. The van der Waals surface area contributed by atoms with Crippen LogP contribution >= 0.6 is 0 Å². The molecule has 0 spiro atoms. The van der Waals surface area contributed by atoms with Crippen molar-refractivity contribution in [2.75, 3.05) is 12.4 Å². The first kappa shape index (κ1) is 18.1. The molecule has 4 N–H and O–H groups in total. The highest BCUT2D eigenvalue weighted by atomic mass is 19.1. The highest BCUT2D eigenvalue weighted by Crippen LogP contribution is 2.26. The average molecular weight is 368 g/mol. The lowest BCUT2D eigenvalue weighted by Crippen LogP contribution is -2.28. The van der Waals surface area contributed by atoms with Crippen LogP contribution < -0.4 is 21.1 Å². The third-order valence-electron chi connectivity index (χ3n) is 3.97. The summed E-state index contributed by atoms with van der Waals surface area (Å²) in [5.41, 5.74) is 6.44. The van der Waals surface area contributed by atoms with Crippen LogP contribution in [0.3, 0.4) is 0 Å². The van der Waals surface area contributed by atoms with E-state index in [1.165, 1.54) is 19.2 Å². The molecule has 0 radical (unpaired) electrons. The Morgan fingerprint density at radius 2 is 2.04 bits per heavy atom. The summed E-state index contributed by atoms with van der Waals surface area (Å²) in [4.78, 5) is 27.5. The number of fused-ring (bicyclic) bond motifs is 1. The summed E-state index contributed by atoms with van der Waals surface area (Å²) in [5, 5.41) is 6.10. The summed E-state index contributed by atoms with van der Waals surface area (Å²) in [6.07, 6.45) is 1.66. The van der Waals surface area contributed by atoms with Crippen molar-refractivity contribution < 1.29 is 18.7 Å². The number of carbonyl (C=O) groups excluding carboxylic acids is 2. The number of ether oxygens (including phenoxy) is 1. The molecule has 3 amide bonds. The van der Waals surface area contributed by atoms with E-state index in [0.717, 1.165) is 17.0 Å². The number of rotatable bonds is 5. The Labute approximate surface area is 154 Å². The number of urea groups is 1. The van der Waals surface area contributed by atoms with Gasteiger partial charge in [-0.25, -0.2) is 9.18 Å². The van der Waals surface area contributed by atoms with Crippen LogP contribution in [0.2, 0.25) is 0 Å². The zero-order valence-corrected chi connectivity index (χ0v) is 14.5. The highest BCUT2D eigenvalue weighted by molar-refractivity contribution is 5.95. The molecule has 7 nitrogen and oxygen atoms in total. The minimum Gasteiger partial charge on any atom is -0.496 e. The number of carbonyl (C=O) groups is 2. The molecule has 1 aromatic heterocycles. The van der Waals surface area contributed by atoms with Gasteiger partial charge >= 0.3 is 6.03 Å². The van der Waals surface area contributed by atoms with Crippen LogP contribution in [0.15, 0.2) is 48.7 Å². The van der Waals surface area contributed by atoms with E-state index in [-0.39, 0.29) is 17.8 Å². The van der Waals surface area contributed by atoms with Crippen molar-refractivity contribution in [1.29, 1.82) is 0 Å². The fourth-order valence-corrected chi connectivity index (χ4v) is 2.69. The number of aromatic nitrogens is 1. The second kappa shape index (κ2) is 7.69. The number of halogens is 1. The number of nitrogens with zero attached hydrogens (tertiary/aromatic N) is 1. The fourth-order valence-electron chi connectivity index (χ4n) is 2.69. The number of benzene rings is 2. The zero-order valence-electron chi connectivity index (χ0n) is 14.5. The van der Waals surface area contributed by atoms with Crippen molar-refractivity contribution >= 4 is 28.5 Å². The van der Waals surface area contributed by atoms with Crippen molar-refractivity contribution in [3.05, 3.63) is 65.6 Å². The molecule has 0 atom stereocenters. The molecule has 27 heavy (non-hydrogen) atoms. The van der Waals surface area contributed by atoms with Crippen LogP contribution in [0.5, 0.6) is 5.75 Å². The maximum absolute atomic E-state index is 13.8. The number of primary amides is 1. The van der Waals surface area contributed by atoms with Crippen LogP contribution in [-0.4, -0.2) is 24.0 Å². The Balaban J connectivity index is 1.74. The molecule has 0 aliphatic carbocycles. The van der Waals surface area contributed by atoms with Crippen LogP contribution in [-0.2, 0) is 6.54 Å². The summed E-state index contributed by atoms with van der Waals surface area (Å²) in [5.74, 6) is -1.09. The molecule has 0 fully saturated rings. The summed E-state index contributed by atoms with van der Waals surface area (Å²) < 4.78 is 19.1. The van der Waals surface area contributed by atoms with E-state index in [1.54, 1.807) is 12.3 Å². The maximum atomic E-state index is 13.8. The molecule has 1 heterocycles. The molecule has 8 heteroatoms. The SMILES string of the molecule is COc1ccc2cccnc2c1CNC(=O)Nc1ccc(C(N)=O)c(F)c1. The zero-order chi connectivity index (χ0) is 19.4. The first-order chi connectivity index (χ1) is 13.0. The monoisotopic (exact) mass is 368 g/mol. The number of pyridine rings is 1. The van der Waals surface area contributed by atoms with Gasteiger partial charge in [0.25, 0.3) is 5.91 Å². The normalized spacial score (nSPS) is 10.4. The van der Waals surface area contributed by atoms with Gasteiger partial charge in [0.15, 0.2) is 0 Å². The van der Waals surface area contributed by atoms with Gasteiger partial charge in [0.1, 0.15) is 11.6 Å². The molecule has 0 saturated heterocycles. The number of amides is 3. The van der Waals surface area contributed by atoms with E-state index in [1.807, 2.05) is 18.2 Å². The van der Waals surface area contributed by atoms with Gasteiger partial charge in [-0.1, -0.05) is 6.07 Å². The van der Waals surface area contributed by atoms with Crippen LogP contribution in [0.25, 0.3) is 10.9 Å². The minimum absolute atomic E-state index is 0.158. The van der Waals surface area contributed by atoms with E-state index in [0.29, 0.717) is 11.3 Å². The number of hydrogen-bond acceptors (Lipinski definition) is 4. The van der Waals surface area contributed by atoms with Crippen molar-refractivity contribution in [2.24, 2.45) is 5.73 Å². The van der Waals surface area contributed by atoms with E-state index >= 15 is 0 Å². The summed E-state index contributed by atoms with van der Waals surface area (Å²) in [6.45, 7) is 0.158. The predicted octanol–water partition coefficient (Wildman–Crippen LogP) is 2.80. The minimum atomic E-state index is -0.876. The second-order valence-electron chi connectivity index (χ2n) is 5.69. The number of anilines is 1. The van der Waals surface area contributed by atoms with E-state index in [9.17, 15) is 14.0 Å². The van der Waals surface area contributed by atoms with Crippen molar-refractivity contribution in [3.63, 3.8) is 0 Å². The molecular formula is C19H17FN4O3. The third-order valence-corrected chi connectivity index (χ3v) is 3.97. The van der Waals surface area contributed by atoms with Crippen LogP contribution in [0.4, 0.5) is 14.9 Å². The Morgan fingerprint density at radius 3 is 2.74 bits per heavy atom. The fraction of sp³-hybridized carbons (Fsp3) is 0.105. The van der Waals surface area contributed by atoms with Gasteiger partial charge in [-0.3, -0.25) is 9.78 Å². The molecule has 0 unspecified atom stereocenters. The predicted molar refractivity (Wildman–Crippen MR) is 99.1 cm³/mol. The molecular weight excluding hydrogens is 351 g/mol. The third kappa shape index (κ3) is 3.95. The van der Waals surface area contributed by atoms with Crippen LogP contribution in [0, 0.1) is 5.82 Å². The molecule has 0 saturated carbocycles. The lowest BCUT2D eigenvalue weighted by molar-refractivity contribution is 0.0996. The number of nitrogens with two attached hydrogens (primary N) is 1. The van der Waals surface area contributed by atoms with E-state index in [4.69, 9.17) is 10.5 Å².